The second-order valence-electron chi connectivity index (χ2n) is 4.09. The molecule has 0 spiro atoms. The Morgan fingerprint density at radius 3 is 2.89 bits per heavy atom. The van der Waals surface area contributed by atoms with Crippen LogP contribution in [0.2, 0.25) is 5.28 Å². The van der Waals surface area contributed by atoms with Gasteiger partial charge in [0.15, 0.2) is 0 Å². The zero-order chi connectivity index (χ0) is 12.8. The molecule has 0 bridgehead atoms. The van der Waals surface area contributed by atoms with Crippen LogP contribution in [0, 0.1) is 5.92 Å². The summed E-state index contributed by atoms with van der Waals surface area (Å²) in [6.07, 6.45) is 2.60. The summed E-state index contributed by atoms with van der Waals surface area (Å²) >= 11 is 5.76. The Morgan fingerprint density at radius 1 is 1.33 bits per heavy atom. The Labute approximate surface area is 111 Å². The Bertz CT molecular complexity index is 387. The highest BCUT2D eigenvalue weighted by atomic mass is 35.5. The molecule has 1 aromatic heterocycles. The monoisotopic (exact) mass is 272 g/mol. The molecule has 6 nitrogen and oxygen atoms in total. The first kappa shape index (κ1) is 13.3. The normalized spacial score (nSPS) is 14.6. The molecule has 0 aromatic carbocycles. The fraction of sp³-hybridized carbons (Fsp3) is 0.727. The van der Waals surface area contributed by atoms with Gasteiger partial charge in [-0.05, 0) is 37.3 Å². The van der Waals surface area contributed by atoms with Crippen LogP contribution in [-0.4, -0.2) is 41.3 Å². The number of nitrogens with zero attached hydrogens (tertiary/aromatic N) is 3. The molecule has 1 aliphatic rings. The van der Waals surface area contributed by atoms with Crippen molar-refractivity contribution in [2.24, 2.45) is 5.92 Å². The lowest BCUT2D eigenvalue weighted by molar-refractivity contribution is 0.133. The van der Waals surface area contributed by atoms with Crippen molar-refractivity contribution in [3.05, 3.63) is 5.28 Å². The summed E-state index contributed by atoms with van der Waals surface area (Å²) in [6.45, 7) is 4.47. The van der Waals surface area contributed by atoms with Crippen molar-refractivity contribution in [2.45, 2.75) is 19.8 Å². The molecule has 7 heteroatoms. The molecule has 2 rings (SSSR count). The number of halogens is 1. The average molecular weight is 273 g/mol. The maximum atomic E-state index is 5.76. The van der Waals surface area contributed by atoms with Crippen LogP contribution in [-0.2, 0) is 4.74 Å². The summed E-state index contributed by atoms with van der Waals surface area (Å²) < 4.78 is 10.7. The molecule has 100 valence electrons. The molecule has 0 saturated heterocycles. The van der Waals surface area contributed by atoms with Gasteiger partial charge in [0.25, 0.3) is 0 Å². The third-order valence-corrected chi connectivity index (χ3v) is 2.61. The highest BCUT2D eigenvalue weighted by molar-refractivity contribution is 6.28. The molecule has 18 heavy (non-hydrogen) atoms. The van der Waals surface area contributed by atoms with E-state index in [0.717, 1.165) is 12.5 Å². The lowest BCUT2D eigenvalue weighted by Crippen LogP contribution is -2.13. The van der Waals surface area contributed by atoms with Gasteiger partial charge in [-0.1, -0.05) is 0 Å². The van der Waals surface area contributed by atoms with Gasteiger partial charge in [0.05, 0.1) is 13.2 Å². The molecule has 1 heterocycles. The first-order valence-corrected chi connectivity index (χ1v) is 6.51. The smallest absolute Gasteiger partial charge is 0.322 e. The molecule has 0 unspecified atom stereocenters. The summed E-state index contributed by atoms with van der Waals surface area (Å²) in [7, 11) is 0. The minimum atomic E-state index is 0.120. The summed E-state index contributed by atoms with van der Waals surface area (Å²) in [5.41, 5.74) is 0. The summed E-state index contributed by atoms with van der Waals surface area (Å²) in [4.78, 5) is 11.9. The standard InChI is InChI=1S/C11H17ClN4O2/c1-2-18-11-15-9(12)14-10(16-11)13-5-6-17-7-8-3-4-8/h8H,2-7H2,1H3,(H,13,14,15,16). The van der Waals surface area contributed by atoms with Crippen LogP contribution >= 0.6 is 11.6 Å². The first-order chi connectivity index (χ1) is 8.78. The fourth-order valence-electron chi connectivity index (χ4n) is 1.37. The number of anilines is 1. The minimum absolute atomic E-state index is 0.120. The van der Waals surface area contributed by atoms with Crippen molar-refractivity contribution in [3.8, 4) is 6.01 Å². The third-order valence-electron chi connectivity index (χ3n) is 2.44. The predicted octanol–water partition coefficient (Wildman–Crippen LogP) is 1.76. The van der Waals surface area contributed by atoms with E-state index in [9.17, 15) is 0 Å². The molecule has 0 aliphatic heterocycles. The van der Waals surface area contributed by atoms with Gasteiger partial charge in [-0.3, -0.25) is 0 Å². The second kappa shape index (κ2) is 6.70. The minimum Gasteiger partial charge on any atom is -0.464 e. The van der Waals surface area contributed by atoms with E-state index in [-0.39, 0.29) is 11.3 Å². The Kier molecular flexibility index (Phi) is 4.95. The van der Waals surface area contributed by atoms with Crippen molar-refractivity contribution in [3.63, 3.8) is 0 Å². The third kappa shape index (κ3) is 4.62. The van der Waals surface area contributed by atoms with Crippen molar-refractivity contribution in [2.75, 3.05) is 31.7 Å². The molecule has 1 saturated carbocycles. The SMILES string of the molecule is CCOc1nc(Cl)nc(NCCOCC2CC2)n1. The van der Waals surface area contributed by atoms with Crippen LogP contribution in [0.4, 0.5) is 5.95 Å². The van der Waals surface area contributed by atoms with E-state index in [2.05, 4.69) is 20.3 Å². The zero-order valence-corrected chi connectivity index (χ0v) is 11.1. The maximum Gasteiger partial charge on any atom is 0.322 e. The van der Waals surface area contributed by atoms with Crippen molar-refractivity contribution < 1.29 is 9.47 Å². The molecular formula is C11H17ClN4O2. The molecule has 1 aliphatic carbocycles. The van der Waals surface area contributed by atoms with E-state index >= 15 is 0 Å². The zero-order valence-electron chi connectivity index (χ0n) is 10.4. The highest BCUT2D eigenvalue weighted by Gasteiger charge is 2.20. The van der Waals surface area contributed by atoms with Gasteiger partial charge in [0.1, 0.15) is 0 Å². The van der Waals surface area contributed by atoms with E-state index in [0.29, 0.717) is 25.7 Å². The lowest BCUT2D eigenvalue weighted by atomic mass is 10.5. The summed E-state index contributed by atoms with van der Waals surface area (Å²) in [5.74, 6) is 1.19. The van der Waals surface area contributed by atoms with E-state index in [1.165, 1.54) is 12.8 Å². The maximum absolute atomic E-state index is 5.76. The number of hydrogen-bond donors (Lipinski definition) is 1. The van der Waals surface area contributed by atoms with Gasteiger partial charge in [-0.25, -0.2) is 0 Å². The molecular weight excluding hydrogens is 256 g/mol. The molecule has 0 amide bonds. The van der Waals surface area contributed by atoms with Crippen molar-refractivity contribution >= 4 is 17.5 Å². The number of ether oxygens (including phenoxy) is 2. The van der Waals surface area contributed by atoms with E-state index in [1.807, 2.05) is 6.92 Å². The fourth-order valence-corrected chi connectivity index (χ4v) is 1.53. The molecule has 1 aromatic rings. The predicted molar refractivity (Wildman–Crippen MR) is 68.0 cm³/mol. The quantitative estimate of drug-likeness (QED) is 0.727. The van der Waals surface area contributed by atoms with Crippen LogP contribution < -0.4 is 10.1 Å². The van der Waals surface area contributed by atoms with E-state index < -0.39 is 0 Å². The Morgan fingerprint density at radius 2 is 2.17 bits per heavy atom. The number of hydrogen-bond acceptors (Lipinski definition) is 6. The molecule has 0 radical (unpaired) electrons. The second-order valence-corrected chi connectivity index (χ2v) is 4.43. The Balaban J connectivity index is 1.72. The van der Waals surface area contributed by atoms with Crippen LogP contribution in [0.25, 0.3) is 0 Å². The number of aromatic nitrogens is 3. The van der Waals surface area contributed by atoms with Gasteiger partial charge in [-0.15, -0.1) is 0 Å². The van der Waals surface area contributed by atoms with Gasteiger partial charge < -0.3 is 14.8 Å². The van der Waals surface area contributed by atoms with Gasteiger partial charge >= 0.3 is 6.01 Å². The average Bonchev–Trinajstić information content (AvgIpc) is 3.12. The van der Waals surface area contributed by atoms with Crippen molar-refractivity contribution in [1.82, 2.24) is 15.0 Å². The van der Waals surface area contributed by atoms with E-state index in [1.54, 1.807) is 0 Å². The van der Waals surface area contributed by atoms with Gasteiger partial charge in [-0.2, -0.15) is 15.0 Å². The van der Waals surface area contributed by atoms with E-state index in [4.69, 9.17) is 21.1 Å². The summed E-state index contributed by atoms with van der Waals surface area (Å²) in [5, 5.41) is 3.15. The molecule has 1 fully saturated rings. The molecule has 0 atom stereocenters. The first-order valence-electron chi connectivity index (χ1n) is 6.14. The van der Waals surface area contributed by atoms with Gasteiger partial charge in [0, 0.05) is 13.2 Å². The lowest BCUT2D eigenvalue weighted by Gasteiger charge is -2.07. The summed E-state index contributed by atoms with van der Waals surface area (Å²) in [6, 6.07) is 0.235. The van der Waals surface area contributed by atoms with Gasteiger partial charge in [0.2, 0.25) is 11.2 Å². The number of nitrogens with one attached hydrogen (secondary N) is 1. The largest absolute Gasteiger partial charge is 0.464 e. The Hall–Kier alpha value is -1.14. The van der Waals surface area contributed by atoms with Crippen LogP contribution in [0.15, 0.2) is 0 Å². The van der Waals surface area contributed by atoms with Crippen LogP contribution in [0.5, 0.6) is 6.01 Å². The highest BCUT2D eigenvalue weighted by Crippen LogP contribution is 2.28. The van der Waals surface area contributed by atoms with Crippen LogP contribution in [0.1, 0.15) is 19.8 Å². The molecule has 1 N–H and O–H groups in total. The van der Waals surface area contributed by atoms with Crippen molar-refractivity contribution in [1.29, 1.82) is 0 Å². The number of rotatable bonds is 8. The topological polar surface area (TPSA) is 69.2 Å². The van der Waals surface area contributed by atoms with Crippen LogP contribution in [0.3, 0.4) is 0 Å².